The predicted molar refractivity (Wildman–Crippen MR) is 100 cm³/mol. The number of ether oxygens (including phenoxy) is 2. The molecule has 152 valence electrons. The maximum Gasteiger partial charge on any atom is 0.226 e. The number of morpholine rings is 1. The van der Waals surface area contributed by atoms with Gasteiger partial charge < -0.3 is 24.2 Å². The van der Waals surface area contributed by atoms with E-state index < -0.39 is 0 Å². The molecule has 7 heteroatoms. The van der Waals surface area contributed by atoms with Crippen LogP contribution in [0.15, 0.2) is 0 Å². The van der Waals surface area contributed by atoms with Gasteiger partial charge in [-0.25, -0.2) is 0 Å². The van der Waals surface area contributed by atoms with E-state index in [1.165, 1.54) is 0 Å². The number of likely N-dealkylation sites (tertiary alicyclic amines) is 2. The van der Waals surface area contributed by atoms with Gasteiger partial charge in [0.05, 0.1) is 12.2 Å². The van der Waals surface area contributed by atoms with Crippen molar-refractivity contribution in [3.05, 3.63) is 0 Å². The predicted octanol–water partition coefficient (Wildman–Crippen LogP) is 0.729. The summed E-state index contributed by atoms with van der Waals surface area (Å²) in [6.07, 6.45) is 5.37. The molecule has 0 aromatic rings. The molecule has 4 rings (SSSR count). The number of amides is 2. The number of piperidine rings is 1. The molecule has 0 radical (unpaired) electrons. The number of carbonyl (C=O) groups excluding carboxylic acids is 2. The van der Waals surface area contributed by atoms with Crippen molar-refractivity contribution in [2.75, 3.05) is 65.6 Å². The van der Waals surface area contributed by atoms with E-state index in [1.807, 2.05) is 4.90 Å². The highest BCUT2D eigenvalue weighted by Gasteiger charge is 2.42. The fourth-order valence-electron chi connectivity index (χ4n) is 4.92. The average Bonchev–Trinajstić information content (AvgIpc) is 3.13. The van der Waals surface area contributed by atoms with Crippen molar-refractivity contribution in [1.82, 2.24) is 14.7 Å². The van der Waals surface area contributed by atoms with E-state index in [4.69, 9.17) is 9.47 Å². The van der Waals surface area contributed by atoms with E-state index in [0.717, 1.165) is 77.9 Å². The molecule has 0 aromatic carbocycles. The van der Waals surface area contributed by atoms with Gasteiger partial charge in [0, 0.05) is 71.4 Å². The van der Waals surface area contributed by atoms with Crippen molar-refractivity contribution in [3.63, 3.8) is 0 Å². The van der Waals surface area contributed by atoms with E-state index in [9.17, 15) is 9.59 Å². The highest BCUT2D eigenvalue weighted by molar-refractivity contribution is 5.79. The normalized spacial score (nSPS) is 27.5. The van der Waals surface area contributed by atoms with Gasteiger partial charge in [-0.3, -0.25) is 9.59 Å². The molecule has 0 aliphatic carbocycles. The summed E-state index contributed by atoms with van der Waals surface area (Å²) in [6.45, 7) is 8.22. The largest absolute Gasteiger partial charge is 0.381 e. The molecule has 4 aliphatic heterocycles. The molecule has 0 unspecified atom stereocenters. The van der Waals surface area contributed by atoms with Crippen LogP contribution in [0.1, 0.15) is 38.5 Å². The van der Waals surface area contributed by atoms with Crippen LogP contribution >= 0.6 is 0 Å². The van der Waals surface area contributed by atoms with E-state index >= 15 is 0 Å². The zero-order valence-corrected chi connectivity index (χ0v) is 16.4. The highest BCUT2D eigenvalue weighted by atomic mass is 16.5. The molecular formula is C20H33N3O4. The molecule has 0 N–H and O–H groups in total. The van der Waals surface area contributed by atoms with E-state index in [-0.39, 0.29) is 11.5 Å². The van der Waals surface area contributed by atoms with Crippen molar-refractivity contribution >= 4 is 11.8 Å². The fraction of sp³-hybridized carbons (Fsp3) is 0.900. The van der Waals surface area contributed by atoms with E-state index in [1.54, 1.807) is 0 Å². The van der Waals surface area contributed by atoms with Crippen LogP contribution in [0, 0.1) is 5.92 Å². The third-order valence-corrected chi connectivity index (χ3v) is 6.76. The molecule has 1 spiro atoms. The van der Waals surface area contributed by atoms with Gasteiger partial charge in [-0.05, 0) is 32.1 Å². The Balaban J connectivity index is 1.25. The maximum absolute atomic E-state index is 12.9. The third-order valence-electron chi connectivity index (χ3n) is 6.76. The number of rotatable bonds is 4. The second kappa shape index (κ2) is 8.45. The summed E-state index contributed by atoms with van der Waals surface area (Å²) in [7, 11) is 0. The Morgan fingerprint density at radius 1 is 1.04 bits per heavy atom. The van der Waals surface area contributed by atoms with Crippen LogP contribution in [-0.2, 0) is 19.1 Å². The molecule has 7 nitrogen and oxygen atoms in total. The van der Waals surface area contributed by atoms with Gasteiger partial charge in [-0.15, -0.1) is 0 Å². The zero-order valence-electron chi connectivity index (χ0n) is 16.4. The topological polar surface area (TPSA) is 62.3 Å². The smallest absolute Gasteiger partial charge is 0.226 e. The van der Waals surface area contributed by atoms with Crippen LogP contribution < -0.4 is 0 Å². The van der Waals surface area contributed by atoms with Crippen LogP contribution in [0.25, 0.3) is 0 Å². The van der Waals surface area contributed by atoms with Crippen LogP contribution in [0.4, 0.5) is 0 Å². The Bertz CT molecular complexity index is 541. The van der Waals surface area contributed by atoms with Gasteiger partial charge in [0.2, 0.25) is 11.8 Å². The van der Waals surface area contributed by atoms with Gasteiger partial charge in [0.1, 0.15) is 0 Å². The first kappa shape index (κ1) is 19.2. The molecule has 0 atom stereocenters. The molecule has 0 bridgehead atoms. The summed E-state index contributed by atoms with van der Waals surface area (Å²) in [5, 5.41) is 0. The molecule has 0 aromatic heterocycles. The minimum atomic E-state index is -0.168. The Morgan fingerprint density at radius 2 is 1.81 bits per heavy atom. The first-order chi connectivity index (χ1) is 13.2. The first-order valence-electron chi connectivity index (χ1n) is 10.7. The van der Waals surface area contributed by atoms with Gasteiger partial charge in [-0.2, -0.15) is 0 Å². The Morgan fingerprint density at radius 3 is 2.52 bits per heavy atom. The van der Waals surface area contributed by atoms with E-state index in [0.29, 0.717) is 38.1 Å². The molecule has 4 saturated heterocycles. The summed E-state index contributed by atoms with van der Waals surface area (Å²) >= 11 is 0. The number of hydrogen-bond donors (Lipinski definition) is 0. The molecule has 27 heavy (non-hydrogen) atoms. The highest BCUT2D eigenvalue weighted by Crippen LogP contribution is 2.31. The Kier molecular flexibility index (Phi) is 5.99. The summed E-state index contributed by atoms with van der Waals surface area (Å²) in [5.74, 6) is 0.740. The molecule has 2 amide bonds. The number of nitrogens with zero attached hydrogens (tertiary/aromatic N) is 3. The van der Waals surface area contributed by atoms with Crippen LogP contribution in [-0.4, -0.2) is 97.7 Å². The molecule has 0 saturated carbocycles. The van der Waals surface area contributed by atoms with Crippen molar-refractivity contribution < 1.29 is 19.1 Å². The third kappa shape index (κ3) is 4.46. The SMILES string of the molecule is O=C1CCCN1CCN1CCC2(CC1)CN(C(=O)C1CCOCC1)CCO2. The number of hydrogen-bond acceptors (Lipinski definition) is 5. The lowest BCUT2D eigenvalue weighted by atomic mass is 9.88. The summed E-state index contributed by atoms with van der Waals surface area (Å²) < 4.78 is 11.6. The van der Waals surface area contributed by atoms with Gasteiger partial charge in [-0.1, -0.05) is 0 Å². The second-order valence-electron chi connectivity index (χ2n) is 8.50. The molecule has 4 aliphatic rings. The van der Waals surface area contributed by atoms with Crippen molar-refractivity contribution in [1.29, 1.82) is 0 Å². The molecular weight excluding hydrogens is 346 g/mol. The van der Waals surface area contributed by atoms with Crippen LogP contribution in [0.5, 0.6) is 0 Å². The minimum absolute atomic E-state index is 0.131. The fourth-order valence-corrected chi connectivity index (χ4v) is 4.92. The summed E-state index contributed by atoms with van der Waals surface area (Å²) in [6, 6.07) is 0. The van der Waals surface area contributed by atoms with Crippen molar-refractivity contribution in [3.8, 4) is 0 Å². The maximum atomic E-state index is 12.9. The standard InChI is InChI=1S/C20H33N3O4/c24-18-2-1-7-22(18)11-10-21-8-5-20(6-9-21)16-23(12-15-27-20)19(25)17-3-13-26-14-4-17/h17H,1-16H2. The lowest BCUT2D eigenvalue weighted by molar-refractivity contribution is -0.164. The summed E-state index contributed by atoms with van der Waals surface area (Å²) in [5.41, 5.74) is -0.168. The molecule has 4 heterocycles. The van der Waals surface area contributed by atoms with E-state index in [2.05, 4.69) is 9.80 Å². The summed E-state index contributed by atoms with van der Waals surface area (Å²) in [4.78, 5) is 31.1. The van der Waals surface area contributed by atoms with Crippen molar-refractivity contribution in [2.45, 2.75) is 44.1 Å². The van der Waals surface area contributed by atoms with Gasteiger partial charge >= 0.3 is 0 Å². The average molecular weight is 380 g/mol. The van der Waals surface area contributed by atoms with Gasteiger partial charge in [0.15, 0.2) is 0 Å². The first-order valence-corrected chi connectivity index (χ1v) is 10.7. The zero-order chi connectivity index (χ0) is 18.7. The quantitative estimate of drug-likeness (QED) is 0.721. The minimum Gasteiger partial charge on any atom is -0.381 e. The Hall–Kier alpha value is -1.18. The monoisotopic (exact) mass is 379 g/mol. The Labute approximate surface area is 161 Å². The second-order valence-corrected chi connectivity index (χ2v) is 8.50. The van der Waals surface area contributed by atoms with Crippen LogP contribution in [0.3, 0.4) is 0 Å². The van der Waals surface area contributed by atoms with Gasteiger partial charge in [0.25, 0.3) is 0 Å². The lowest BCUT2D eigenvalue weighted by Crippen LogP contribution is -2.59. The van der Waals surface area contributed by atoms with Crippen molar-refractivity contribution in [2.24, 2.45) is 5.92 Å². The number of carbonyl (C=O) groups is 2. The molecule has 4 fully saturated rings. The lowest BCUT2D eigenvalue weighted by Gasteiger charge is -2.48. The van der Waals surface area contributed by atoms with Crippen LogP contribution in [0.2, 0.25) is 0 Å².